The first kappa shape index (κ1) is 16.7. The van der Waals surface area contributed by atoms with Gasteiger partial charge in [0.15, 0.2) is 0 Å². The minimum atomic E-state index is -4.67. The Morgan fingerprint density at radius 3 is 2.22 bits per heavy atom. The minimum absolute atomic E-state index is 0.0183. The molecule has 0 aliphatic rings. The Labute approximate surface area is 133 Å². The zero-order chi connectivity index (χ0) is 17.2. The zero-order valence-electron chi connectivity index (χ0n) is 11.3. The molecule has 0 unspecified atom stereocenters. The lowest BCUT2D eigenvalue weighted by atomic mass is 10.1. The van der Waals surface area contributed by atoms with E-state index in [0.717, 1.165) is 18.2 Å². The van der Waals surface area contributed by atoms with Gasteiger partial charge in [-0.05, 0) is 36.4 Å². The smallest absolute Gasteiger partial charge is 0.417 e. The number of benzene rings is 2. The van der Waals surface area contributed by atoms with Crippen LogP contribution in [0.5, 0.6) is 5.75 Å². The zero-order valence-corrected chi connectivity index (χ0v) is 12.0. The van der Waals surface area contributed by atoms with Crippen molar-refractivity contribution in [1.29, 1.82) is 0 Å². The molecule has 0 spiro atoms. The molecule has 118 valence electrons. The molecule has 0 aromatic heterocycles. The number of phenolic OH excluding ortho intramolecular Hbond substituents is 1. The Morgan fingerprint density at radius 2 is 1.65 bits per heavy atom. The maximum Gasteiger partial charge on any atom is 0.417 e. The normalized spacial score (nSPS) is 10.8. The molecule has 0 aliphatic heterocycles. The summed E-state index contributed by atoms with van der Waals surface area (Å²) in [4.78, 5) is 10.8. The predicted molar refractivity (Wildman–Crippen MR) is 77.5 cm³/mol. The lowest BCUT2D eigenvalue weighted by molar-refractivity contribution is -0.137. The summed E-state index contributed by atoms with van der Waals surface area (Å²) < 4.78 is 38.7. The first-order chi connectivity index (χ1) is 10.7. The number of carbonyl (C=O) groups is 1. The molecule has 0 aliphatic carbocycles. The van der Waals surface area contributed by atoms with E-state index in [-0.39, 0.29) is 21.7 Å². The van der Waals surface area contributed by atoms with Crippen molar-refractivity contribution in [2.75, 3.05) is 0 Å². The van der Waals surface area contributed by atoms with Gasteiger partial charge in [0.2, 0.25) is 0 Å². The highest BCUT2D eigenvalue weighted by molar-refractivity contribution is 6.32. The van der Waals surface area contributed by atoms with E-state index in [4.69, 9.17) is 16.7 Å². The van der Waals surface area contributed by atoms with Crippen LogP contribution in [0.2, 0.25) is 5.02 Å². The van der Waals surface area contributed by atoms with Crippen LogP contribution < -0.4 is 0 Å². The Bertz CT molecular complexity index is 833. The first-order valence-corrected chi connectivity index (χ1v) is 6.51. The van der Waals surface area contributed by atoms with E-state index in [1.54, 1.807) is 0 Å². The third kappa shape index (κ3) is 3.96. The van der Waals surface area contributed by atoms with Gasteiger partial charge in [-0.3, -0.25) is 0 Å². The van der Waals surface area contributed by atoms with Crippen molar-refractivity contribution in [2.24, 2.45) is 0 Å². The van der Waals surface area contributed by atoms with E-state index < -0.39 is 23.5 Å². The van der Waals surface area contributed by atoms with Crippen molar-refractivity contribution < 1.29 is 28.2 Å². The number of hydrogen-bond acceptors (Lipinski definition) is 2. The highest BCUT2D eigenvalue weighted by atomic mass is 35.5. The van der Waals surface area contributed by atoms with Crippen LogP contribution in [0.1, 0.15) is 27.0 Å². The summed E-state index contributed by atoms with van der Waals surface area (Å²) in [5.41, 5.74) is -1.25. The van der Waals surface area contributed by atoms with Gasteiger partial charge in [0.05, 0.1) is 16.1 Å². The molecule has 0 saturated heterocycles. The van der Waals surface area contributed by atoms with Crippen molar-refractivity contribution in [2.45, 2.75) is 6.18 Å². The lowest BCUT2D eigenvalue weighted by Crippen LogP contribution is -2.07. The van der Waals surface area contributed by atoms with E-state index in [1.165, 1.54) is 12.1 Å². The van der Waals surface area contributed by atoms with Gasteiger partial charge in [-0.25, -0.2) is 4.79 Å². The quantitative estimate of drug-likeness (QED) is 0.766. The molecule has 0 heterocycles. The van der Waals surface area contributed by atoms with Crippen LogP contribution in [0.3, 0.4) is 0 Å². The molecular formula is C16H8ClF3O3. The van der Waals surface area contributed by atoms with Crippen molar-refractivity contribution in [3.05, 3.63) is 63.7 Å². The number of carboxylic acids is 1. The molecule has 0 bridgehead atoms. The fourth-order valence-electron chi connectivity index (χ4n) is 1.76. The molecule has 2 N–H and O–H groups in total. The van der Waals surface area contributed by atoms with Crippen LogP contribution in [0.25, 0.3) is 0 Å². The summed E-state index contributed by atoms with van der Waals surface area (Å²) in [6.07, 6.45) is -4.67. The number of halogens is 4. The summed E-state index contributed by atoms with van der Waals surface area (Å²) in [6, 6.07) is 6.44. The molecule has 0 fully saturated rings. The van der Waals surface area contributed by atoms with E-state index in [9.17, 15) is 23.1 Å². The summed E-state index contributed by atoms with van der Waals surface area (Å²) in [5, 5.41) is 18.0. The fourth-order valence-corrected chi connectivity index (χ4v) is 1.99. The number of phenols is 1. The third-order valence-electron chi connectivity index (χ3n) is 2.86. The standard InChI is InChI=1S/C16H8ClF3O3/c17-14-7-11(15(22)23)4-3-10(14)2-1-9-5-6-12(21)8-13(9)16(18,19)20/h3-8,21H,(H,22,23). The second-order valence-electron chi connectivity index (χ2n) is 4.48. The van der Waals surface area contributed by atoms with E-state index in [2.05, 4.69) is 11.8 Å². The van der Waals surface area contributed by atoms with Crippen LogP contribution in [0.15, 0.2) is 36.4 Å². The molecule has 23 heavy (non-hydrogen) atoms. The number of alkyl halides is 3. The second-order valence-corrected chi connectivity index (χ2v) is 4.88. The van der Waals surface area contributed by atoms with Crippen molar-refractivity contribution in [1.82, 2.24) is 0 Å². The van der Waals surface area contributed by atoms with Crippen molar-refractivity contribution in [3.63, 3.8) is 0 Å². The van der Waals surface area contributed by atoms with Gasteiger partial charge in [-0.1, -0.05) is 23.4 Å². The van der Waals surface area contributed by atoms with Gasteiger partial charge >= 0.3 is 12.1 Å². The molecule has 0 atom stereocenters. The van der Waals surface area contributed by atoms with Crippen LogP contribution in [0.4, 0.5) is 13.2 Å². The van der Waals surface area contributed by atoms with Gasteiger partial charge in [-0.2, -0.15) is 13.2 Å². The first-order valence-electron chi connectivity index (χ1n) is 6.13. The highest BCUT2D eigenvalue weighted by Crippen LogP contribution is 2.33. The Morgan fingerprint density at radius 1 is 1.04 bits per heavy atom. The third-order valence-corrected chi connectivity index (χ3v) is 3.17. The minimum Gasteiger partial charge on any atom is -0.508 e. The Balaban J connectivity index is 2.46. The maximum atomic E-state index is 12.9. The molecule has 0 amide bonds. The summed E-state index contributed by atoms with van der Waals surface area (Å²) >= 11 is 5.87. The summed E-state index contributed by atoms with van der Waals surface area (Å²) in [6.45, 7) is 0. The van der Waals surface area contributed by atoms with Crippen LogP contribution in [-0.4, -0.2) is 16.2 Å². The second kappa shape index (κ2) is 6.23. The topological polar surface area (TPSA) is 57.5 Å². The molecule has 0 saturated carbocycles. The lowest BCUT2D eigenvalue weighted by Gasteiger charge is -2.09. The van der Waals surface area contributed by atoms with Crippen molar-refractivity contribution in [3.8, 4) is 17.6 Å². The Hall–Kier alpha value is -2.65. The largest absolute Gasteiger partial charge is 0.508 e. The van der Waals surface area contributed by atoms with E-state index in [1.807, 2.05) is 0 Å². The van der Waals surface area contributed by atoms with Crippen LogP contribution in [-0.2, 0) is 6.18 Å². The number of carboxylic acid groups (broad SMARTS) is 1. The molecule has 2 rings (SSSR count). The predicted octanol–water partition coefficient (Wildman–Crippen LogP) is 4.16. The number of aromatic hydroxyl groups is 1. The highest BCUT2D eigenvalue weighted by Gasteiger charge is 2.33. The number of aromatic carboxylic acids is 1. The van der Waals surface area contributed by atoms with E-state index in [0.29, 0.717) is 6.07 Å². The maximum absolute atomic E-state index is 12.9. The molecule has 2 aromatic rings. The monoisotopic (exact) mass is 340 g/mol. The van der Waals surface area contributed by atoms with Crippen LogP contribution in [0, 0.1) is 11.8 Å². The average Bonchev–Trinajstić information content (AvgIpc) is 2.45. The molecule has 0 radical (unpaired) electrons. The molecular weight excluding hydrogens is 333 g/mol. The summed E-state index contributed by atoms with van der Waals surface area (Å²) in [7, 11) is 0. The fraction of sp³-hybridized carbons (Fsp3) is 0.0625. The number of rotatable bonds is 1. The van der Waals surface area contributed by atoms with Crippen LogP contribution >= 0.6 is 11.6 Å². The summed E-state index contributed by atoms with van der Waals surface area (Å²) in [5.74, 6) is 3.11. The van der Waals surface area contributed by atoms with Gasteiger partial charge in [-0.15, -0.1) is 0 Å². The van der Waals surface area contributed by atoms with E-state index >= 15 is 0 Å². The number of hydrogen-bond donors (Lipinski definition) is 2. The molecule has 3 nitrogen and oxygen atoms in total. The molecule has 7 heteroatoms. The molecule has 2 aromatic carbocycles. The van der Waals surface area contributed by atoms with Gasteiger partial charge < -0.3 is 10.2 Å². The SMILES string of the molecule is O=C(O)c1ccc(C#Cc2ccc(O)cc2C(F)(F)F)c(Cl)c1. The Kier molecular flexibility index (Phi) is 4.52. The van der Waals surface area contributed by atoms with Gasteiger partial charge in [0, 0.05) is 11.1 Å². The van der Waals surface area contributed by atoms with Crippen molar-refractivity contribution >= 4 is 17.6 Å². The average molecular weight is 341 g/mol. The van der Waals surface area contributed by atoms with Gasteiger partial charge in [0.25, 0.3) is 0 Å². The van der Waals surface area contributed by atoms with Gasteiger partial charge in [0.1, 0.15) is 5.75 Å².